The van der Waals surface area contributed by atoms with E-state index in [1.165, 1.54) is 5.56 Å². The predicted octanol–water partition coefficient (Wildman–Crippen LogP) is 5.07. The second-order valence-electron chi connectivity index (χ2n) is 7.04. The highest BCUT2D eigenvalue weighted by Gasteiger charge is 2.20. The van der Waals surface area contributed by atoms with Crippen molar-refractivity contribution in [2.75, 3.05) is 0 Å². The average Bonchev–Trinajstić information content (AvgIpc) is 2.54. The van der Waals surface area contributed by atoms with E-state index in [0.29, 0.717) is 5.92 Å². The van der Waals surface area contributed by atoms with Gasteiger partial charge in [0.2, 0.25) is 0 Å². The molecule has 1 N–H and O–H groups in total. The van der Waals surface area contributed by atoms with E-state index in [0.717, 1.165) is 22.4 Å². The van der Waals surface area contributed by atoms with Gasteiger partial charge < -0.3 is 10.1 Å². The highest BCUT2D eigenvalue weighted by atomic mass is 16.5. The van der Waals surface area contributed by atoms with E-state index in [1.54, 1.807) is 6.92 Å². The van der Waals surface area contributed by atoms with Crippen molar-refractivity contribution >= 4 is 5.91 Å². The second kappa shape index (κ2) is 8.19. The Balaban J connectivity index is 2.08. The summed E-state index contributed by atoms with van der Waals surface area (Å²) in [6.45, 7) is 12.1. The van der Waals surface area contributed by atoms with Crippen LogP contribution in [0.25, 0.3) is 0 Å². The molecule has 0 saturated heterocycles. The lowest BCUT2D eigenvalue weighted by Gasteiger charge is -2.22. The monoisotopic (exact) mass is 339 g/mol. The first kappa shape index (κ1) is 19.0. The summed E-state index contributed by atoms with van der Waals surface area (Å²) in [5.74, 6) is 1.03. The molecular weight excluding hydrogens is 310 g/mol. The molecule has 0 heterocycles. The van der Waals surface area contributed by atoms with Gasteiger partial charge in [0, 0.05) is 0 Å². The van der Waals surface area contributed by atoms with Crippen LogP contribution in [0.1, 0.15) is 61.9 Å². The molecule has 3 heteroatoms. The molecule has 0 aliphatic heterocycles. The van der Waals surface area contributed by atoms with Gasteiger partial charge in [-0.1, -0.05) is 50.2 Å². The van der Waals surface area contributed by atoms with Crippen LogP contribution in [0.3, 0.4) is 0 Å². The molecule has 25 heavy (non-hydrogen) atoms. The maximum absolute atomic E-state index is 12.6. The first-order valence-corrected chi connectivity index (χ1v) is 8.92. The number of hydrogen-bond acceptors (Lipinski definition) is 2. The third kappa shape index (κ3) is 4.85. The van der Waals surface area contributed by atoms with Gasteiger partial charge in [-0.15, -0.1) is 0 Å². The molecule has 2 atom stereocenters. The number of carbonyl (C=O) groups excluding carboxylic acids is 1. The Labute approximate surface area is 151 Å². The van der Waals surface area contributed by atoms with E-state index in [1.807, 2.05) is 38.1 Å². The van der Waals surface area contributed by atoms with E-state index in [2.05, 4.69) is 44.3 Å². The first-order valence-electron chi connectivity index (χ1n) is 8.92. The highest BCUT2D eigenvalue weighted by molar-refractivity contribution is 5.81. The van der Waals surface area contributed by atoms with Crippen LogP contribution >= 0.6 is 0 Å². The minimum absolute atomic E-state index is 0.0539. The standard InChI is InChI=1S/C22H29NO2/c1-14(2)19-12-11-15(3)13-21(19)25-18(6)22(24)23-17(5)20-10-8-7-9-16(20)4/h7-14,17-18H,1-6H3,(H,23,24)/t17-,18-/m1/s1. The Kier molecular flexibility index (Phi) is 6.24. The van der Waals surface area contributed by atoms with E-state index < -0.39 is 6.10 Å². The summed E-state index contributed by atoms with van der Waals surface area (Å²) in [7, 11) is 0. The lowest BCUT2D eigenvalue weighted by Crippen LogP contribution is -2.38. The van der Waals surface area contributed by atoms with Crippen molar-refractivity contribution in [2.45, 2.75) is 59.6 Å². The summed E-state index contributed by atoms with van der Waals surface area (Å²) in [5.41, 5.74) is 4.55. The van der Waals surface area contributed by atoms with Gasteiger partial charge in [-0.3, -0.25) is 4.79 Å². The topological polar surface area (TPSA) is 38.3 Å². The second-order valence-corrected chi connectivity index (χ2v) is 7.04. The maximum atomic E-state index is 12.6. The maximum Gasteiger partial charge on any atom is 0.261 e. The number of carbonyl (C=O) groups is 1. The van der Waals surface area contributed by atoms with Gasteiger partial charge in [0.05, 0.1) is 6.04 Å². The van der Waals surface area contributed by atoms with Gasteiger partial charge in [-0.25, -0.2) is 0 Å². The summed E-state index contributed by atoms with van der Waals surface area (Å²) >= 11 is 0. The number of ether oxygens (including phenoxy) is 1. The molecule has 0 spiro atoms. The molecular formula is C22H29NO2. The van der Waals surface area contributed by atoms with Crippen LogP contribution in [-0.4, -0.2) is 12.0 Å². The molecule has 0 aliphatic rings. The highest BCUT2D eigenvalue weighted by Crippen LogP contribution is 2.28. The van der Waals surface area contributed by atoms with Crippen LogP contribution in [0.2, 0.25) is 0 Å². The van der Waals surface area contributed by atoms with Crippen LogP contribution in [0.15, 0.2) is 42.5 Å². The number of nitrogens with one attached hydrogen (secondary N) is 1. The van der Waals surface area contributed by atoms with Crippen molar-refractivity contribution < 1.29 is 9.53 Å². The molecule has 0 unspecified atom stereocenters. The molecule has 2 rings (SSSR count). The Morgan fingerprint density at radius 2 is 1.64 bits per heavy atom. The zero-order valence-electron chi connectivity index (χ0n) is 16.1. The largest absolute Gasteiger partial charge is 0.481 e. The third-order valence-electron chi connectivity index (χ3n) is 4.48. The summed E-state index contributed by atoms with van der Waals surface area (Å²) in [4.78, 5) is 12.6. The zero-order valence-corrected chi connectivity index (χ0v) is 16.1. The number of benzene rings is 2. The molecule has 2 aromatic carbocycles. The Morgan fingerprint density at radius 1 is 0.960 bits per heavy atom. The summed E-state index contributed by atoms with van der Waals surface area (Å²) in [6, 6.07) is 14.2. The third-order valence-corrected chi connectivity index (χ3v) is 4.48. The van der Waals surface area contributed by atoms with Gasteiger partial charge >= 0.3 is 0 Å². The lowest BCUT2D eigenvalue weighted by molar-refractivity contribution is -0.127. The van der Waals surface area contributed by atoms with Crippen LogP contribution < -0.4 is 10.1 Å². The van der Waals surface area contributed by atoms with Gasteiger partial charge in [-0.2, -0.15) is 0 Å². The quantitative estimate of drug-likeness (QED) is 0.798. The van der Waals surface area contributed by atoms with Crippen LogP contribution in [0.4, 0.5) is 0 Å². The lowest BCUT2D eigenvalue weighted by atomic mass is 10.0. The van der Waals surface area contributed by atoms with E-state index in [4.69, 9.17) is 4.74 Å². The molecule has 0 aromatic heterocycles. The van der Waals surface area contributed by atoms with Gasteiger partial charge in [0.1, 0.15) is 5.75 Å². The van der Waals surface area contributed by atoms with Gasteiger partial charge in [0.15, 0.2) is 6.10 Å². The molecule has 0 radical (unpaired) electrons. The van der Waals surface area contributed by atoms with Crippen molar-refractivity contribution in [3.8, 4) is 5.75 Å². The van der Waals surface area contributed by atoms with Crippen LogP contribution in [-0.2, 0) is 4.79 Å². The molecule has 0 aliphatic carbocycles. The zero-order chi connectivity index (χ0) is 18.6. The molecule has 2 aromatic rings. The summed E-state index contributed by atoms with van der Waals surface area (Å²) in [6.07, 6.45) is -0.550. The average molecular weight is 339 g/mol. The molecule has 0 saturated carbocycles. The fraction of sp³-hybridized carbons (Fsp3) is 0.409. The molecule has 134 valence electrons. The van der Waals surface area contributed by atoms with E-state index in [9.17, 15) is 4.79 Å². The molecule has 0 fully saturated rings. The first-order chi connectivity index (χ1) is 11.8. The van der Waals surface area contributed by atoms with Crippen molar-refractivity contribution in [1.29, 1.82) is 0 Å². The van der Waals surface area contributed by atoms with Crippen LogP contribution in [0.5, 0.6) is 5.75 Å². The smallest absolute Gasteiger partial charge is 0.261 e. The minimum Gasteiger partial charge on any atom is -0.481 e. The number of aryl methyl sites for hydroxylation is 2. The molecule has 0 bridgehead atoms. The van der Waals surface area contributed by atoms with E-state index in [-0.39, 0.29) is 11.9 Å². The predicted molar refractivity (Wildman–Crippen MR) is 103 cm³/mol. The number of amides is 1. The van der Waals surface area contributed by atoms with Gasteiger partial charge in [-0.05, 0) is 61.9 Å². The van der Waals surface area contributed by atoms with Crippen molar-refractivity contribution in [3.05, 3.63) is 64.7 Å². The number of hydrogen-bond donors (Lipinski definition) is 1. The van der Waals surface area contributed by atoms with Crippen molar-refractivity contribution in [1.82, 2.24) is 5.32 Å². The number of rotatable bonds is 6. The molecule has 1 amide bonds. The van der Waals surface area contributed by atoms with Crippen molar-refractivity contribution in [2.24, 2.45) is 0 Å². The normalized spacial score (nSPS) is 13.4. The fourth-order valence-electron chi connectivity index (χ4n) is 2.95. The Morgan fingerprint density at radius 3 is 2.28 bits per heavy atom. The van der Waals surface area contributed by atoms with E-state index >= 15 is 0 Å². The van der Waals surface area contributed by atoms with Crippen LogP contribution in [0, 0.1) is 13.8 Å². The fourth-order valence-corrected chi connectivity index (χ4v) is 2.95. The van der Waals surface area contributed by atoms with Crippen molar-refractivity contribution in [3.63, 3.8) is 0 Å². The molecule has 3 nitrogen and oxygen atoms in total. The SMILES string of the molecule is Cc1ccc(C(C)C)c(O[C@H](C)C(=O)N[C@H](C)c2ccccc2C)c1. The summed E-state index contributed by atoms with van der Waals surface area (Å²) < 4.78 is 6.00. The Bertz CT molecular complexity index is 737. The minimum atomic E-state index is -0.550. The summed E-state index contributed by atoms with van der Waals surface area (Å²) in [5, 5.41) is 3.06. The Hall–Kier alpha value is -2.29. The van der Waals surface area contributed by atoms with Gasteiger partial charge in [0.25, 0.3) is 5.91 Å².